The van der Waals surface area contributed by atoms with Crippen LogP contribution in [0.25, 0.3) is 0 Å². The van der Waals surface area contributed by atoms with Gasteiger partial charge in [0.2, 0.25) is 0 Å². The van der Waals surface area contributed by atoms with Gasteiger partial charge in [-0.1, -0.05) is 0 Å². The van der Waals surface area contributed by atoms with E-state index in [1.54, 1.807) is 7.05 Å². The zero-order valence-electron chi connectivity index (χ0n) is 10.5. The van der Waals surface area contributed by atoms with Crippen LogP contribution in [0, 0.1) is 0 Å². The summed E-state index contributed by atoms with van der Waals surface area (Å²) < 4.78 is 0. The Morgan fingerprint density at radius 3 is 2.39 bits per heavy atom. The highest BCUT2D eigenvalue weighted by atomic mass is 32.2. The molecule has 0 atom stereocenters. The van der Waals surface area contributed by atoms with E-state index in [2.05, 4.69) is 16.0 Å². The standard InChI is InChI=1S/C13H19N3OS/c1-14-13(17)16-11-4-2-10(3-5-11)15-12-6-8-18-9-7-12/h2-5,12,15H,6-9H2,1H3,(H2,14,16,17). The molecule has 0 radical (unpaired) electrons. The first-order chi connectivity index (χ1) is 8.78. The summed E-state index contributed by atoms with van der Waals surface area (Å²) in [6, 6.07) is 8.23. The molecule has 1 heterocycles. The molecule has 0 bridgehead atoms. The number of urea groups is 1. The van der Waals surface area contributed by atoms with Gasteiger partial charge in [-0.25, -0.2) is 4.79 Å². The fourth-order valence-electron chi connectivity index (χ4n) is 1.92. The van der Waals surface area contributed by atoms with Crippen LogP contribution in [-0.2, 0) is 0 Å². The third kappa shape index (κ3) is 3.84. The molecular weight excluding hydrogens is 246 g/mol. The number of hydrogen-bond acceptors (Lipinski definition) is 3. The van der Waals surface area contributed by atoms with Crippen LogP contribution in [0.1, 0.15) is 12.8 Å². The van der Waals surface area contributed by atoms with Gasteiger partial charge < -0.3 is 16.0 Å². The molecule has 18 heavy (non-hydrogen) atoms. The van der Waals surface area contributed by atoms with E-state index in [4.69, 9.17) is 0 Å². The summed E-state index contributed by atoms with van der Waals surface area (Å²) in [7, 11) is 1.60. The predicted molar refractivity (Wildman–Crippen MR) is 78.5 cm³/mol. The number of nitrogens with one attached hydrogen (secondary N) is 3. The predicted octanol–water partition coefficient (Wildman–Crippen LogP) is 2.75. The molecule has 0 spiro atoms. The van der Waals surface area contributed by atoms with Gasteiger partial charge in [-0.2, -0.15) is 11.8 Å². The van der Waals surface area contributed by atoms with E-state index >= 15 is 0 Å². The first-order valence-corrected chi connectivity index (χ1v) is 7.36. The van der Waals surface area contributed by atoms with Gasteiger partial charge in [-0.15, -0.1) is 0 Å². The van der Waals surface area contributed by atoms with Crippen molar-refractivity contribution in [2.75, 3.05) is 29.2 Å². The average Bonchev–Trinajstić information content (AvgIpc) is 2.42. The molecule has 1 aliphatic rings. The minimum Gasteiger partial charge on any atom is -0.382 e. The molecule has 1 aromatic carbocycles. The minimum atomic E-state index is -0.194. The lowest BCUT2D eigenvalue weighted by Crippen LogP contribution is -2.25. The molecule has 5 heteroatoms. The molecule has 1 aromatic rings. The molecule has 1 aliphatic heterocycles. The Morgan fingerprint density at radius 2 is 1.78 bits per heavy atom. The fourth-order valence-corrected chi connectivity index (χ4v) is 3.03. The van der Waals surface area contributed by atoms with Crippen molar-refractivity contribution in [3.05, 3.63) is 24.3 Å². The quantitative estimate of drug-likeness (QED) is 0.787. The maximum atomic E-state index is 11.1. The van der Waals surface area contributed by atoms with Crippen LogP contribution < -0.4 is 16.0 Å². The van der Waals surface area contributed by atoms with E-state index in [1.165, 1.54) is 24.3 Å². The molecule has 0 saturated carbocycles. The van der Waals surface area contributed by atoms with Crippen LogP contribution in [0.2, 0.25) is 0 Å². The zero-order chi connectivity index (χ0) is 12.8. The second-order valence-corrected chi connectivity index (χ2v) is 5.54. The van der Waals surface area contributed by atoms with E-state index in [9.17, 15) is 4.79 Å². The first-order valence-electron chi connectivity index (χ1n) is 6.21. The Morgan fingerprint density at radius 1 is 1.17 bits per heavy atom. The lowest BCUT2D eigenvalue weighted by atomic mass is 10.1. The number of thioether (sulfide) groups is 1. The average molecular weight is 265 g/mol. The van der Waals surface area contributed by atoms with Gasteiger partial charge in [0.1, 0.15) is 0 Å². The summed E-state index contributed by atoms with van der Waals surface area (Å²) in [5.74, 6) is 2.49. The summed E-state index contributed by atoms with van der Waals surface area (Å²) in [4.78, 5) is 11.1. The number of hydrogen-bond donors (Lipinski definition) is 3. The fraction of sp³-hybridized carbons (Fsp3) is 0.462. The Balaban J connectivity index is 1.88. The van der Waals surface area contributed by atoms with Crippen molar-refractivity contribution in [3.63, 3.8) is 0 Å². The third-order valence-electron chi connectivity index (χ3n) is 2.96. The van der Waals surface area contributed by atoms with E-state index in [0.29, 0.717) is 6.04 Å². The second kappa shape index (κ2) is 6.54. The first kappa shape index (κ1) is 13.1. The second-order valence-electron chi connectivity index (χ2n) is 4.31. The summed E-state index contributed by atoms with van der Waals surface area (Å²) in [5.41, 5.74) is 1.92. The maximum Gasteiger partial charge on any atom is 0.318 e. The van der Waals surface area contributed by atoms with Crippen molar-refractivity contribution in [2.45, 2.75) is 18.9 Å². The smallest absolute Gasteiger partial charge is 0.318 e. The Bertz CT molecular complexity index is 388. The van der Waals surface area contributed by atoms with Crippen LogP contribution in [-0.4, -0.2) is 30.6 Å². The molecule has 0 aromatic heterocycles. The van der Waals surface area contributed by atoms with Crippen molar-refractivity contribution >= 4 is 29.2 Å². The molecule has 0 aliphatic carbocycles. The van der Waals surface area contributed by atoms with E-state index in [-0.39, 0.29) is 6.03 Å². The van der Waals surface area contributed by atoms with E-state index in [0.717, 1.165) is 11.4 Å². The molecule has 2 rings (SSSR count). The number of benzene rings is 1. The normalized spacial score (nSPS) is 16.1. The molecular formula is C13H19N3OS. The Hall–Kier alpha value is -1.36. The number of carbonyl (C=O) groups excluding carboxylic acids is 1. The van der Waals surface area contributed by atoms with Crippen molar-refractivity contribution in [2.24, 2.45) is 0 Å². The van der Waals surface area contributed by atoms with Crippen LogP contribution >= 0.6 is 11.8 Å². The van der Waals surface area contributed by atoms with Crippen LogP contribution in [0.15, 0.2) is 24.3 Å². The monoisotopic (exact) mass is 265 g/mol. The van der Waals surface area contributed by atoms with Crippen LogP contribution in [0.4, 0.5) is 16.2 Å². The molecule has 2 amide bonds. The summed E-state index contributed by atoms with van der Waals surface area (Å²) >= 11 is 2.03. The van der Waals surface area contributed by atoms with Crippen molar-refractivity contribution in [3.8, 4) is 0 Å². The van der Waals surface area contributed by atoms with Gasteiger partial charge in [0.05, 0.1) is 0 Å². The Kier molecular flexibility index (Phi) is 4.75. The number of anilines is 2. The third-order valence-corrected chi connectivity index (χ3v) is 4.01. The van der Waals surface area contributed by atoms with Crippen LogP contribution in [0.5, 0.6) is 0 Å². The molecule has 4 nitrogen and oxygen atoms in total. The SMILES string of the molecule is CNC(=O)Nc1ccc(NC2CCSCC2)cc1. The van der Waals surface area contributed by atoms with Crippen molar-refractivity contribution < 1.29 is 4.79 Å². The highest BCUT2D eigenvalue weighted by Gasteiger charge is 2.12. The highest BCUT2D eigenvalue weighted by Crippen LogP contribution is 2.21. The summed E-state index contributed by atoms with van der Waals surface area (Å²) in [6.45, 7) is 0. The lowest BCUT2D eigenvalue weighted by Gasteiger charge is -2.23. The largest absolute Gasteiger partial charge is 0.382 e. The molecule has 0 unspecified atom stereocenters. The van der Waals surface area contributed by atoms with Crippen molar-refractivity contribution in [1.82, 2.24) is 5.32 Å². The topological polar surface area (TPSA) is 53.2 Å². The van der Waals surface area contributed by atoms with Gasteiger partial charge in [0.25, 0.3) is 0 Å². The molecule has 1 fully saturated rings. The maximum absolute atomic E-state index is 11.1. The highest BCUT2D eigenvalue weighted by molar-refractivity contribution is 7.99. The molecule has 98 valence electrons. The summed E-state index contributed by atoms with van der Waals surface area (Å²) in [6.07, 6.45) is 2.45. The lowest BCUT2D eigenvalue weighted by molar-refractivity contribution is 0.254. The Labute approximate surface area is 112 Å². The summed E-state index contributed by atoms with van der Waals surface area (Å²) in [5, 5.41) is 8.80. The van der Waals surface area contributed by atoms with Gasteiger partial charge in [-0.3, -0.25) is 0 Å². The van der Waals surface area contributed by atoms with Gasteiger partial charge >= 0.3 is 6.03 Å². The number of amides is 2. The van der Waals surface area contributed by atoms with Gasteiger partial charge in [-0.05, 0) is 48.6 Å². The number of carbonyl (C=O) groups is 1. The minimum absolute atomic E-state index is 0.194. The van der Waals surface area contributed by atoms with Gasteiger partial charge in [0, 0.05) is 24.5 Å². The van der Waals surface area contributed by atoms with Gasteiger partial charge in [0.15, 0.2) is 0 Å². The molecule has 3 N–H and O–H groups in total. The zero-order valence-corrected chi connectivity index (χ0v) is 11.3. The van der Waals surface area contributed by atoms with E-state index < -0.39 is 0 Å². The van der Waals surface area contributed by atoms with Crippen molar-refractivity contribution in [1.29, 1.82) is 0 Å². The number of rotatable bonds is 3. The van der Waals surface area contributed by atoms with E-state index in [1.807, 2.05) is 36.0 Å². The van der Waals surface area contributed by atoms with Crippen LogP contribution in [0.3, 0.4) is 0 Å². The molecule has 1 saturated heterocycles.